The van der Waals surface area contributed by atoms with Crippen molar-refractivity contribution in [3.8, 4) is 0 Å². The molecule has 108 valence electrons. The van der Waals surface area contributed by atoms with E-state index in [1.807, 2.05) is 27.7 Å². The predicted octanol–water partition coefficient (Wildman–Crippen LogP) is 2.11. The van der Waals surface area contributed by atoms with Crippen LogP contribution in [0.25, 0.3) is 0 Å². The first-order chi connectivity index (χ1) is 8.89. The lowest BCUT2D eigenvalue weighted by Crippen LogP contribution is -2.45. The van der Waals surface area contributed by atoms with Crippen LogP contribution >= 0.6 is 11.6 Å². The summed E-state index contributed by atoms with van der Waals surface area (Å²) in [5, 5.41) is 22.5. The molecular weight excluding hydrogens is 266 g/mol. The van der Waals surface area contributed by atoms with E-state index in [4.69, 9.17) is 11.6 Å². The number of aromatic nitrogens is 2. The number of hydrogen-bond donors (Lipinski definition) is 3. The molecule has 0 radical (unpaired) electrons. The zero-order valence-corrected chi connectivity index (χ0v) is 12.6. The van der Waals surface area contributed by atoms with Crippen LogP contribution in [-0.2, 0) is 0 Å². The summed E-state index contributed by atoms with van der Waals surface area (Å²) in [6.45, 7) is 7.30. The van der Waals surface area contributed by atoms with Gasteiger partial charge in [-0.05, 0) is 13.3 Å². The van der Waals surface area contributed by atoms with Crippen LogP contribution in [0.15, 0.2) is 0 Å². The molecule has 5 nitrogen and oxygen atoms in total. The maximum Gasteiger partial charge on any atom is 0.137 e. The second kappa shape index (κ2) is 6.50. The van der Waals surface area contributed by atoms with Crippen LogP contribution < -0.4 is 5.32 Å². The molecule has 1 rings (SSSR count). The Hall–Kier alpha value is -0.910. The van der Waals surface area contributed by atoms with E-state index in [0.29, 0.717) is 28.8 Å². The number of anilines is 1. The molecule has 0 amide bonds. The molecule has 1 aromatic heterocycles. The van der Waals surface area contributed by atoms with Crippen LogP contribution in [0, 0.1) is 6.92 Å². The number of rotatable bonds is 6. The van der Waals surface area contributed by atoms with Crippen molar-refractivity contribution >= 4 is 17.4 Å². The van der Waals surface area contributed by atoms with Crippen molar-refractivity contribution in [1.29, 1.82) is 0 Å². The normalized spacial score (nSPS) is 12.0. The minimum atomic E-state index is -0.795. The summed E-state index contributed by atoms with van der Waals surface area (Å²) in [4.78, 5) is 8.66. The van der Waals surface area contributed by atoms with E-state index in [0.717, 1.165) is 0 Å². The van der Waals surface area contributed by atoms with E-state index < -0.39 is 5.54 Å². The highest BCUT2D eigenvalue weighted by Crippen LogP contribution is 2.26. The van der Waals surface area contributed by atoms with Gasteiger partial charge in [-0.2, -0.15) is 0 Å². The van der Waals surface area contributed by atoms with E-state index in [-0.39, 0.29) is 19.1 Å². The van der Waals surface area contributed by atoms with Crippen LogP contribution in [-0.4, -0.2) is 38.9 Å². The summed E-state index contributed by atoms with van der Waals surface area (Å²) in [5.74, 6) is 1.35. The lowest BCUT2D eigenvalue weighted by Gasteiger charge is -2.31. The SMILES string of the molecule is CCC(CO)(CO)Nc1nc(C(C)C)nc(Cl)c1C. The van der Waals surface area contributed by atoms with Crippen molar-refractivity contribution in [3.05, 3.63) is 16.5 Å². The quantitative estimate of drug-likeness (QED) is 0.699. The summed E-state index contributed by atoms with van der Waals surface area (Å²) in [6, 6.07) is 0. The fraction of sp³-hybridized carbons (Fsp3) is 0.692. The third-order valence-electron chi connectivity index (χ3n) is 3.29. The van der Waals surface area contributed by atoms with Gasteiger partial charge in [0.15, 0.2) is 0 Å². The van der Waals surface area contributed by atoms with Gasteiger partial charge in [-0.1, -0.05) is 32.4 Å². The number of hydrogen-bond acceptors (Lipinski definition) is 5. The van der Waals surface area contributed by atoms with Crippen LogP contribution in [0.5, 0.6) is 0 Å². The van der Waals surface area contributed by atoms with Crippen LogP contribution in [0.1, 0.15) is 44.5 Å². The van der Waals surface area contributed by atoms with E-state index in [1.165, 1.54) is 0 Å². The second-order valence-electron chi connectivity index (χ2n) is 5.08. The topological polar surface area (TPSA) is 78.3 Å². The van der Waals surface area contributed by atoms with E-state index in [1.54, 1.807) is 0 Å². The highest BCUT2D eigenvalue weighted by molar-refractivity contribution is 6.30. The van der Waals surface area contributed by atoms with Crippen LogP contribution in [0.3, 0.4) is 0 Å². The Bertz CT molecular complexity index is 426. The van der Waals surface area contributed by atoms with Gasteiger partial charge in [-0.25, -0.2) is 9.97 Å². The van der Waals surface area contributed by atoms with Gasteiger partial charge in [0, 0.05) is 11.5 Å². The molecule has 3 N–H and O–H groups in total. The van der Waals surface area contributed by atoms with Gasteiger partial charge >= 0.3 is 0 Å². The smallest absolute Gasteiger partial charge is 0.137 e. The molecule has 1 heterocycles. The Morgan fingerprint density at radius 1 is 1.26 bits per heavy atom. The third kappa shape index (κ3) is 3.55. The molecule has 0 saturated heterocycles. The molecule has 0 aliphatic heterocycles. The largest absolute Gasteiger partial charge is 0.394 e. The standard InChI is InChI=1S/C13H22ClN3O2/c1-5-13(6-18,7-19)17-12-9(4)10(14)15-11(16-12)8(2)3/h8,18-19H,5-7H2,1-4H3,(H,15,16,17). The average molecular weight is 288 g/mol. The predicted molar refractivity (Wildman–Crippen MR) is 76.7 cm³/mol. The van der Waals surface area contributed by atoms with Gasteiger partial charge in [0.1, 0.15) is 16.8 Å². The molecule has 0 bridgehead atoms. The summed E-state index contributed by atoms with van der Waals surface area (Å²) < 4.78 is 0. The van der Waals surface area contributed by atoms with E-state index in [2.05, 4.69) is 15.3 Å². The molecule has 0 aliphatic carbocycles. The number of halogens is 1. The summed E-state index contributed by atoms with van der Waals surface area (Å²) in [5.41, 5.74) is -0.0813. The Labute approximate surface area is 119 Å². The Kier molecular flexibility index (Phi) is 5.52. The van der Waals surface area contributed by atoms with Crippen molar-refractivity contribution in [3.63, 3.8) is 0 Å². The maximum absolute atomic E-state index is 9.48. The molecule has 19 heavy (non-hydrogen) atoms. The summed E-state index contributed by atoms with van der Waals surface area (Å²) in [6.07, 6.45) is 0.568. The van der Waals surface area contributed by atoms with E-state index in [9.17, 15) is 10.2 Å². The minimum absolute atomic E-state index is 0.151. The summed E-state index contributed by atoms with van der Waals surface area (Å²) >= 11 is 6.11. The average Bonchev–Trinajstić information content (AvgIpc) is 2.40. The second-order valence-corrected chi connectivity index (χ2v) is 5.43. The molecule has 0 atom stereocenters. The zero-order valence-electron chi connectivity index (χ0n) is 11.9. The molecule has 0 spiro atoms. The molecule has 1 aromatic rings. The van der Waals surface area contributed by atoms with Crippen LogP contribution in [0.4, 0.5) is 5.82 Å². The lowest BCUT2D eigenvalue weighted by atomic mass is 9.98. The zero-order chi connectivity index (χ0) is 14.6. The van der Waals surface area contributed by atoms with Gasteiger partial charge in [-0.3, -0.25) is 0 Å². The first-order valence-electron chi connectivity index (χ1n) is 6.43. The maximum atomic E-state index is 9.48. The molecule has 0 aliphatic rings. The molecule has 0 unspecified atom stereocenters. The van der Waals surface area contributed by atoms with Gasteiger partial charge in [0.25, 0.3) is 0 Å². The highest BCUT2D eigenvalue weighted by atomic mass is 35.5. The fourth-order valence-corrected chi connectivity index (χ4v) is 1.75. The number of aliphatic hydroxyl groups is 2. The molecule has 6 heteroatoms. The first-order valence-corrected chi connectivity index (χ1v) is 6.80. The number of nitrogens with one attached hydrogen (secondary N) is 1. The molecule has 0 aromatic carbocycles. The van der Waals surface area contributed by atoms with E-state index >= 15 is 0 Å². The monoisotopic (exact) mass is 287 g/mol. The molecule has 0 fully saturated rings. The number of nitrogens with zero attached hydrogens (tertiary/aromatic N) is 2. The minimum Gasteiger partial charge on any atom is -0.394 e. The first kappa shape index (κ1) is 16.1. The third-order valence-corrected chi connectivity index (χ3v) is 3.65. The Balaban J connectivity index is 3.19. The number of aliphatic hydroxyl groups excluding tert-OH is 2. The summed E-state index contributed by atoms with van der Waals surface area (Å²) in [7, 11) is 0. The van der Waals surface area contributed by atoms with Crippen molar-refractivity contribution in [1.82, 2.24) is 9.97 Å². The molecular formula is C13H22ClN3O2. The van der Waals surface area contributed by atoms with Crippen LogP contribution in [0.2, 0.25) is 5.15 Å². The van der Waals surface area contributed by atoms with Crippen molar-refractivity contribution in [2.45, 2.75) is 45.6 Å². The van der Waals surface area contributed by atoms with Crippen molar-refractivity contribution in [2.24, 2.45) is 0 Å². The Morgan fingerprint density at radius 3 is 2.26 bits per heavy atom. The lowest BCUT2D eigenvalue weighted by molar-refractivity contribution is 0.132. The molecule has 0 saturated carbocycles. The van der Waals surface area contributed by atoms with Gasteiger partial charge in [0.2, 0.25) is 0 Å². The Morgan fingerprint density at radius 2 is 1.84 bits per heavy atom. The van der Waals surface area contributed by atoms with Crippen molar-refractivity contribution in [2.75, 3.05) is 18.5 Å². The van der Waals surface area contributed by atoms with Gasteiger partial charge < -0.3 is 15.5 Å². The van der Waals surface area contributed by atoms with Crippen molar-refractivity contribution < 1.29 is 10.2 Å². The van der Waals surface area contributed by atoms with Gasteiger partial charge in [-0.15, -0.1) is 0 Å². The fourth-order valence-electron chi connectivity index (χ4n) is 1.58. The van der Waals surface area contributed by atoms with Gasteiger partial charge in [0.05, 0.1) is 18.8 Å². The highest BCUT2D eigenvalue weighted by Gasteiger charge is 2.28.